The fourth-order valence-corrected chi connectivity index (χ4v) is 4.52. The van der Waals surface area contributed by atoms with Gasteiger partial charge in [-0.3, -0.25) is 0 Å². The first kappa shape index (κ1) is 19.6. The van der Waals surface area contributed by atoms with Crippen LogP contribution >= 0.6 is 18.2 Å². The zero-order valence-corrected chi connectivity index (χ0v) is 15.0. The van der Waals surface area contributed by atoms with Crippen molar-refractivity contribution in [2.75, 3.05) is 0 Å². The SMILES string of the molecule is CC(CC(O)c1c(O)cc(O)cc1SP(=O)(O)O)c1ccc(O)cc1. The minimum atomic E-state index is -4.54. The van der Waals surface area contributed by atoms with Crippen LogP contribution in [0.1, 0.15) is 36.5 Å². The Kier molecular flexibility index (Phi) is 6.03. The minimum absolute atomic E-state index is 0.0447. The predicted octanol–water partition coefficient (Wildman–Crippen LogP) is 3.22. The Labute approximate surface area is 148 Å². The maximum absolute atomic E-state index is 11.3. The van der Waals surface area contributed by atoms with Crippen molar-refractivity contribution in [2.45, 2.75) is 30.3 Å². The normalized spacial score (nSPS) is 14.2. The maximum Gasteiger partial charge on any atom is 0.388 e. The largest absolute Gasteiger partial charge is 0.508 e. The van der Waals surface area contributed by atoms with Crippen molar-refractivity contribution in [3.05, 3.63) is 47.5 Å². The number of hydrogen-bond donors (Lipinski definition) is 6. The second-order valence-electron chi connectivity index (χ2n) is 5.70. The molecule has 2 aromatic rings. The molecule has 6 N–H and O–H groups in total. The van der Waals surface area contributed by atoms with E-state index in [1.165, 1.54) is 12.1 Å². The highest BCUT2D eigenvalue weighted by atomic mass is 32.7. The second kappa shape index (κ2) is 7.68. The number of aromatic hydroxyl groups is 3. The van der Waals surface area contributed by atoms with Gasteiger partial charge in [0.25, 0.3) is 0 Å². The van der Waals surface area contributed by atoms with Crippen LogP contribution in [0.4, 0.5) is 0 Å². The van der Waals surface area contributed by atoms with Gasteiger partial charge >= 0.3 is 6.80 Å². The van der Waals surface area contributed by atoms with E-state index in [1.807, 2.05) is 6.92 Å². The van der Waals surface area contributed by atoms with Crippen LogP contribution in [0, 0.1) is 0 Å². The summed E-state index contributed by atoms with van der Waals surface area (Å²) in [5, 5.41) is 39.4. The molecule has 0 aliphatic heterocycles. The number of phenols is 3. The Hall–Kier alpha value is -1.70. The van der Waals surface area contributed by atoms with Crippen LogP contribution in [0.25, 0.3) is 0 Å². The van der Waals surface area contributed by atoms with Gasteiger partial charge in [-0.1, -0.05) is 19.1 Å². The first-order valence-electron chi connectivity index (χ1n) is 7.35. The lowest BCUT2D eigenvalue weighted by molar-refractivity contribution is 0.153. The van der Waals surface area contributed by atoms with Gasteiger partial charge in [-0.15, -0.1) is 0 Å². The first-order valence-corrected chi connectivity index (χ1v) is 10.4. The molecule has 0 bridgehead atoms. The summed E-state index contributed by atoms with van der Waals surface area (Å²) in [4.78, 5) is 18.2. The molecule has 136 valence electrons. The van der Waals surface area contributed by atoms with Crippen molar-refractivity contribution in [2.24, 2.45) is 0 Å². The number of aliphatic hydroxyl groups is 1. The highest BCUT2D eigenvalue weighted by molar-refractivity contribution is 8.54. The van der Waals surface area contributed by atoms with E-state index in [9.17, 15) is 25.0 Å². The summed E-state index contributed by atoms with van der Waals surface area (Å²) in [6.45, 7) is -2.70. The molecule has 0 aliphatic rings. The number of rotatable bonds is 6. The molecule has 2 aromatic carbocycles. The van der Waals surface area contributed by atoms with Crippen molar-refractivity contribution in [1.82, 2.24) is 0 Å². The van der Waals surface area contributed by atoms with Crippen LogP contribution in [0.5, 0.6) is 17.2 Å². The van der Waals surface area contributed by atoms with Gasteiger partial charge in [0, 0.05) is 16.5 Å². The van der Waals surface area contributed by atoms with Crippen LogP contribution in [0.2, 0.25) is 0 Å². The first-order chi connectivity index (χ1) is 11.6. The zero-order chi connectivity index (χ0) is 18.8. The van der Waals surface area contributed by atoms with E-state index in [0.717, 1.165) is 17.7 Å². The molecule has 9 heteroatoms. The molecule has 7 nitrogen and oxygen atoms in total. The number of benzene rings is 2. The summed E-state index contributed by atoms with van der Waals surface area (Å²) < 4.78 is 11.3. The monoisotopic (exact) mass is 386 g/mol. The number of phenolic OH excluding ortho intramolecular Hbond substituents is 3. The molecule has 0 saturated heterocycles. The van der Waals surface area contributed by atoms with E-state index < -0.39 is 18.7 Å². The number of hydrogen-bond acceptors (Lipinski definition) is 6. The van der Waals surface area contributed by atoms with Gasteiger partial charge in [0.05, 0.1) is 6.10 Å². The Morgan fingerprint density at radius 3 is 2.20 bits per heavy atom. The molecule has 2 atom stereocenters. The molecule has 0 aliphatic carbocycles. The van der Waals surface area contributed by atoms with Gasteiger partial charge in [-0.2, -0.15) is 0 Å². The Morgan fingerprint density at radius 2 is 1.64 bits per heavy atom. The third-order valence-corrected chi connectivity index (χ3v) is 5.77. The summed E-state index contributed by atoms with van der Waals surface area (Å²) >= 11 is 0.162. The highest BCUT2D eigenvalue weighted by Crippen LogP contribution is 2.57. The van der Waals surface area contributed by atoms with Gasteiger partial charge in [0.2, 0.25) is 0 Å². The molecule has 2 rings (SSSR count). The third-order valence-electron chi connectivity index (χ3n) is 3.69. The number of aliphatic hydroxyl groups excluding tert-OH is 1. The standard InChI is InChI=1S/C16H19O7PS/c1-9(10-2-4-11(17)5-3-10)6-13(19)16-14(20)7-12(18)8-15(16)25-24(21,22)23/h2-5,7-9,13,17-20H,6H2,1H3,(H2,21,22,23). The Bertz CT molecular complexity index is 788. The smallest absolute Gasteiger partial charge is 0.388 e. The molecule has 0 amide bonds. The summed E-state index contributed by atoms with van der Waals surface area (Å²) in [5.41, 5.74) is 0.802. The van der Waals surface area contributed by atoms with E-state index in [1.54, 1.807) is 12.1 Å². The highest BCUT2D eigenvalue weighted by Gasteiger charge is 2.26. The molecule has 0 aromatic heterocycles. The molecular weight excluding hydrogens is 367 g/mol. The Morgan fingerprint density at radius 1 is 1.04 bits per heavy atom. The van der Waals surface area contributed by atoms with Crippen molar-refractivity contribution < 1.29 is 34.8 Å². The fraction of sp³-hybridized carbons (Fsp3) is 0.250. The van der Waals surface area contributed by atoms with Gasteiger partial charge in [-0.05, 0) is 47.5 Å². The lowest BCUT2D eigenvalue weighted by Crippen LogP contribution is -2.05. The Balaban J connectivity index is 2.30. The molecule has 0 heterocycles. The lowest BCUT2D eigenvalue weighted by Gasteiger charge is -2.21. The molecule has 0 saturated carbocycles. The summed E-state index contributed by atoms with van der Waals surface area (Å²) in [6, 6.07) is 8.54. The van der Waals surface area contributed by atoms with E-state index in [4.69, 9.17) is 9.79 Å². The molecular formula is C16H19O7PS. The van der Waals surface area contributed by atoms with Gasteiger partial charge < -0.3 is 30.2 Å². The van der Waals surface area contributed by atoms with Crippen molar-refractivity contribution in [1.29, 1.82) is 0 Å². The van der Waals surface area contributed by atoms with Crippen LogP contribution < -0.4 is 0 Å². The van der Waals surface area contributed by atoms with Gasteiger partial charge in [-0.25, -0.2) is 4.57 Å². The fourth-order valence-electron chi connectivity index (χ4n) is 2.53. The molecule has 0 fully saturated rings. The quantitative estimate of drug-likeness (QED) is 0.416. The second-order valence-corrected chi connectivity index (χ2v) is 9.28. The van der Waals surface area contributed by atoms with Crippen LogP contribution in [0.15, 0.2) is 41.3 Å². The third kappa shape index (κ3) is 5.39. The maximum atomic E-state index is 11.3. The average Bonchev–Trinajstić information content (AvgIpc) is 2.45. The van der Waals surface area contributed by atoms with E-state index in [-0.39, 0.29) is 45.7 Å². The van der Waals surface area contributed by atoms with E-state index in [0.29, 0.717) is 0 Å². The van der Waals surface area contributed by atoms with Crippen LogP contribution in [0.3, 0.4) is 0 Å². The van der Waals surface area contributed by atoms with E-state index in [2.05, 4.69) is 0 Å². The van der Waals surface area contributed by atoms with Crippen molar-refractivity contribution in [3.63, 3.8) is 0 Å². The summed E-state index contributed by atoms with van der Waals surface area (Å²) in [5.74, 6) is -0.845. The summed E-state index contributed by atoms with van der Waals surface area (Å²) in [6.07, 6.45) is -1.05. The van der Waals surface area contributed by atoms with Crippen LogP contribution in [-0.4, -0.2) is 30.2 Å². The minimum Gasteiger partial charge on any atom is -0.508 e. The molecule has 0 spiro atoms. The lowest BCUT2D eigenvalue weighted by atomic mass is 9.92. The van der Waals surface area contributed by atoms with Crippen LogP contribution in [-0.2, 0) is 4.57 Å². The average molecular weight is 386 g/mol. The molecule has 0 radical (unpaired) electrons. The van der Waals surface area contributed by atoms with Crippen molar-refractivity contribution in [3.8, 4) is 17.2 Å². The van der Waals surface area contributed by atoms with Gasteiger partial charge in [0.1, 0.15) is 17.2 Å². The topological polar surface area (TPSA) is 138 Å². The van der Waals surface area contributed by atoms with E-state index >= 15 is 0 Å². The zero-order valence-electron chi connectivity index (χ0n) is 13.3. The molecule has 2 unspecified atom stereocenters. The van der Waals surface area contributed by atoms with Crippen molar-refractivity contribution >= 4 is 18.2 Å². The predicted molar refractivity (Wildman–Crippen MR) is 93.8 cm³/mol. The van der Waals surface area contributed by atoms with Gasteiger partial charge in [0.15, 0.2) is 0 Å². The molecule has 25 heavy (non-hydrogen) atoms. The summed E-state index contributed by atoms with van der Waals surface area (Å²) in [7, 11) is 0.